The molecule has 0 saturated carbocycles. The van der Waals surface area contributed by atoms with Crippen LogP contribution in [-0.2, 0) is 22.7 Å². The first kappa shape index (κ1) is 20.7. The maximum absolute atomic E-state index is 12.1. The van der Waals surface area contributed by atoms with Crippen LogP contribution in [-0.4, -0.2) is 28.1 Å². The van der Waals surface area contributed by atoms with Crippen molar-refractivity contribution in [2.24, 2.45) is 0 Å². The van der Waals surface area contributed by atoms with Crippen LogP contribution in [0.15, 0.2) is 30.3 Å². The van der Waals surface area contributed by atoms with Crippen molar-refractivity contribution in [3.8, 4) is 0 Å². The summed E-state index contributed by atoms with van der Waals surface area (Å²) < 4.78 is 1.99. The third-order valence-corrected chi connectivity index (χ3v) is 4.62. The zero-order valence-electron chi connectivity index (χ0n) is 16.5. The second-order valence-electron chi connectivity index (χ2n) is 6.86. The molecule has 0 aliphatic carbocycles. The van der Waals surface area contributed by atoms with Gasteiger partial charge in [0.25, 0.3) is 0 Å². The van der Waals surface area contributed by atoms with E-state index in [0.717, 1.165) is 42.8 Å². The van der Waals surface area contributed by atoms with Gasteiger partial charge in [-0.3, -0.25) is 14.3 Å². The Morgan fingerprint density at radius 3 is 2.48 bits per heavy atom. The first-order valence-electron chi connectivity index (χ1n) is 9.55. The summed E-state index contributed by atoms with van der Waals surface area (Å²) in [5, 5.41) is 10.4. The third-order valence-electron chi connectivity index (χ3n) is 4.62. The molecule has 0 radical (unpaired) electrons. The van der Waals surface area contributed by atoms with Crippen LogP contribution in [0.25, 0.3) is 0 Å². The van der Waals surface area contributed by atoms with Gasteiger partial charge in [-0.15, -0.1) is 0 Å². The number of hydrogen-bond acceptors (Lipinski definition) is 3. The van der Waals surface area contributed by atoms with Crippen LogP contribution in [0.4, 0.5) is 0 Å². The Morgan fingerprint density at radius 2 is 1.78 bits per heavy atom. The maximum Gasteiger partial charge on any atom is 0.220 e. The fourth-order valence-corrected chi connectivity index (χ4v) is 3.03. The molecule has 2 amide bonds. The second kappa shape index (κ2) is 10.5. The van der Waals surface area contributed by atoms with Gasteiger partial charge in [0.1, 0.15) is 0 Å². The zero-order valence-corrected chi connectivity index (χ0v) is 16.5. The molecule has 0 fully saturated rings. The van der Waals surface area contributed by atoms with Crippen LogP contribution in [0.1, 0.15) is 55.1 Å². The molecule has 0 aliphatic rings. The summed E-state index contributed by atoms with van der Waals surface area (Å²) in [6, 6.07) is 10.2. The maximum atomic E-state index is 12.1. The SMILES string of the molecule is CC(=O)NCCCCCC(=O)NCc1c(C)nn(Cc2ccccc2)c1C. The highest BCUT2D eigenvalue weighted by molar-refractivity contribution is 5.75. The highest BCUT2D eigenvalue weighted by atomic mass is 16.2. The number of carbonyl (C=O) groups excluding carboxylic acids is 2. The summed E-state index contributed by atoms with van der Waals surface area (Å²) in [6.45, 7) is 7.47. The van der Waals surface area contributed by atoms with E-state index in [4.69, 9.17) is 0 Å². The van der Waals surface area contributed by atoms with Gasteiger partial charge in [0.15, 0.2) is 0 Å². The monoisotopic (exact) mass is 370 g/mol. The van der Waals surface area contributed by atoms with E-state index in [-0.39, 0.29) is 11.8 Å². The summed E-state index contributed by atoms with van der Waals surface area (Å²) in [5.41, 5.74) is 4.34. The third kappa shape index (κ3) is 6.89. The molecule has 0 bridgehead atoms. The lowest BCUT2D eigenvalue weighted by Crippen LogP contribution is -2.23. The standard InChI is InChI=1S/C21H30N4O2/c1-16-20(14-23-21(27)12-8-5-9-13-22-18(3)26)17(2)25(24-16)15-19-10-6-4-7-11-19/h4,6-7,10-11H,5,8-9,12-15H2,1-3H3,(H,22,26)(H,23,27). The number of aromatic nitrogens is 2. The van der Waals surface area contributed by atoms with Gasteiger partial charge in [0.05, 0.1) is 12.2 Å². The van der Waals surface area contributed by atoms with E-state index in [0.29, 0.717) is 19.5 Å². The van der Waals surface area contributed by atoms with Crippen LogP contribution in [0, 0.1) is 13.8 Å². The fraction of sp³-hybridized carbons (Fsp3) is 0.476. The molecule has 2 N–H and O–H groups in total. The van der Waals surface area contributed by atoms with Crippen LogP contribution in [0.5, 0.6) is 0 Å². The molecule has 146 valence electrons. The first-order chi connectivity index (χ1) is 13.0. The highest BCUT2D eigenvalue weighted by Gasteiger charge is 2.12. The van der Waals surface area contributed by atoms with Crippen LogP contribution < -0.4 is 10.6 Å². The van der Waals surface area contributed by atoms with Gasteiger partial charge in [-0.25, -0.2) is 0 Å². The van der Waals surface area contributed by atoms with Gasteiger partial charge in [0, 0.05) is 37.7 Å². The Balaban J connectivity index is 1.77. The molecule has 0 unspecified atom stereocenters. The lowest BCUT2D eigenvalue weighted by molar-refractivity contribution is -0.121. The molecule has 27 heavy (non-hydrogen) atoms. The highest BCUT2D eigenvalue weighted by Crippen LogP contribution is 2.15. The van der Waals surface area contributed by atoms with Crippen molar-refractivity contribution in [1.29, 1.82) is 0 Å². The van der Waals surface area contributed by atoms with Gasteiger partial charge in [-0.05, 0) is 32.3 Å². The molecule has 2 aromatic rings. The van der Waals surface area contributed by atoms with Crippen LogP contribution in [0.3, 0.4) is 0 Å². The number of carbonyl (C=O) groups is 2. The Morgan fingerprint density at radius 1 is 1.04 bits per heavy atom. The Labute approximate surface area is 161 Å². The normalized spacial score (nSPS) is 10.6. The lowest BCUT2D eigenvalue weighted by atomic mass is 10.1. The minimum Gasteiger partial charge on any atom is -0.356 e. The van der Waals surface area contributed by atoms with E-state index in [2.05, 4.69) is 27.9 Å². The summed E-state index contributed by atoms with van der Waals surface area (Å²) in [6.07, 6.45) is 3.17. The lowest BCUT2D eigenvalue weighted by Gasteiger charge is -2.08. The largest absolute Gasteiger partial charge is 0.356 e. The van der Waals surface area contributed by atoms with Gasteiger partial charge in [-0.1, -0.05) is 36.8 Å². The second-order valence-corrected chi connectivity index (χ2v) is 6.86. The molecule has 6 heteroatoms. The zero-order chi connectivity index (χ0) is 19.6. The van der Waals surface area contributed by atoms with Crippen molar-refractivity contribution in [3.05, 3.63) is 52.8 Å². The number of amides is 2. The van der Waals surface area contributed by atoms with E-state index in [1.165, 1.54) is 12.5 Å². The number of aryl methyl sites for hydroxylation is 1. The van der Waals surface area contributed by atoms with Crippen molar-refractivity contribution < 1.29 is 9.59 Å². The molecular formula is C21H30N4O2. The predicted molar refractivity (Wildman–Crippen MR) is 106 cm³/mol. The molecular weight excluding hydrogens is 340 g/mol. The van der Waals surface area contributed by atoms with Crippen molar-refractivity contribution in [3.63, 3.8) is 0 Å². The quantitative estimate of drug-likeness (QED) is 0.632. The molecule has 1 heterocycles. The molecule has 0 spiro atoms. The van der Waals surface area contributed by atoms with Crippen molar-refractivity contribution >= 4 is 11.8 Å². The van der Waals surface area contributed by atoms with Gasteiger partial charge in [0.2, 0.25) is 11.8 Å². The molecule has 1 aromatic heterocycles. The number of rotatable bonds is 10. The summed E-state index contributed by atoms with van der Waals surface area (Å²) in [4.78, 5) is 22.9. The number of nitrogens with one attached hydrogen (secondary N) is 2. The molecule has 0 aliphatic heterocycles. The Bertz CT molecular complexity index is 753. The van der Waals surface area contributed by atoms with E-state index in [9.17, 15) is 9.59 Å². The van der Waals surface area contributed by atoms with E-state index >= 15 is 0 Å². The number of nitrogens with zero attached hydrogens (tertiary/aromatic N) is 2. The van der Waals surface area contributed by atoms with Gasteiger partial charge >= 0.3 is 0 Å². The fourth-order valence-electron chi connectivity index (χ4n) is 3.03. The first-order valence-corrected chi connectivity index (χ1v) is 9.55. The molecule has 6 nitrogen and oxygen atoms in total. The molecule has 1 aromatic carbocycles. The van der Waals surface area contributed by atoms with Gasteiger partial charge < -0.3 is 10.6 Å². The molecule has 2 rings (SSSR count). The smallest absolute Gasteiger partial charge is 0.220 e. The van der Waals surface area contributed by atoms with E-state index < -0.39 is 0 Å². The van der Waals surface area contributed by atoms with Crippen molar-refractivity contribution in [2.75, 3.05) is 6.54 Å². The average molecular weight is 370 g/mol. The van der Waals surface area contributed by atoms with E-state index in [1.807, 2.05) is 36.7 Å². The van der Waals surface area contributed by atoms with Crippen molar-refractivity contribution in [1.82, 2.24) is 20.4 Å². The van der Waals surface area contributed by atoms with E-state index in [1.54, 1.807) is 0 Å². The Hall–Kier alpha value is -2.63. The molecule has 0 atom stereocenters. The van der Waals surface area contributed by atoms with Crippen LogP contribution in [0.2, 0.25) is 0 Å². The number of benzene rings is 1. The van der Waals surface area contributed by atoms with Gasteiger partial charge in [-0.2, -0.15) is 5.10 Å². The topological polar surface area (TPSA) is 76.0 Å². The number of unbranched alkanes of at least 4 members (excludes halogenated alkanes) is 2. The number of hydrogen-bond donors (Lipinski definition) is 2. The van der Waals surface area contributed by atoms with Crippen LogP contribution >= 0.6 is 0 Å². The minimum atomic E-state index is -0.00806. The summed E-state index contributed by atoms with van der Waals surface area (Å²) >= 11 is 0. The average Bonchev–Trinajstić information content (AvgIpc) is 2.90. The summed E-state index contributed by atoms with van der Waals surface area (Å²) in [5.74, 6) is 0.0513. The van der Waals surface area contributed by atoms with Crippen molar-refractivity contribution in [2.45, 2.75) is 59.5 Å². The minimum absolute atomic E-state index is 0.00806. The Kier molecular flexibility index (Phi) is 8.04. The molecule has 0 saturated heterocycles. The summed E-state index contributed by atoms with van der Waals surface area (Å²) in [7, 11) is 0. The predicted octanol–water partition coefficient (Wildman–Crippen LogP) is 2.86.